The summed E-state index contributed by atoms with van der Waals surface area (Å²) in [5, 5.41) is 11.5. The quantitative estimate of drug-likeness (QED) is 0.301. The molecule has 38 heavy (non-hydrogen) atoms. The monoisotopic (exact) mass is 518 g/mol. The summed E-state index contributed by atoms with van der Waals surface area (Å²) in [5.41, 5.74) is 4.35. The molecule has 5 rings (SSSR count). The number of anilines is 1. The van der Waals surface area contributed by atoms with Gasteiger partial charge in [-0.15, -0.1) is 5.10 Å². The molecule has 0 saturated carbocycles. The summed E-state index contributed by atoms with van der Waals surface area (Å²) >= 11 is 0. The summed E-state index contributed by atoms with van der Waals surface area (Å²) in [7, 11) is 1.74. The standard InChI is InChI=1S/C29H32F2N6O/c1-4-19-13-21(5-2)28(32-17-19)37-11-9-20(10-12-37)18-38-27-25(30)15-24(16-26(27)31)22-7-6-8-23(14-22)29-33-34-35-36(29)3/h6-8,13-17,20H,4-5,9-12,18H2,1-3H3. The Bertz CT molecular complexity index is 1390. The summed E-state index contributed by atoms with van der Waals surface area (Å²) in [6.07, 6.45) is 5.63. The fourth-order valence-corrected chi connectivity index (χ4v) is 4.98. The number of piperidine rings is 1. The van der Waals surface area contributed by atoms with Crippen molar-refractivity contribution >= 4 is 5.82 Å². The Labute approximate surface area is 221 Å². The molecule has 4 aromatic rings. The van der Waals surface area contributed by atoms with Gasteiger partial charge in [-0.2, -0.15) is 0 Å². The van der Waals surface area contributed by atoms with E-state index in [9.17, 15) is 8.78 Å². The van der Waals surface area contributed by atoms with Gasteiger partial charge in [-0.3, -0.25) is 0 Å². The molecule has 2 aromatic heterocycles. The van der Waals surface area contributed by atoms with Gasteiger partial charge in [-0.1, -0.05) is 38.1 Å². The van der Waals surface area contributed by atoms with Crippen molar-refractivity contribution in [1.29, 1.82) is 0 Å². The van der Waals surface area contributed by atoms with E-state index < -0.39 is 11.6 Å². The van der Waals surface area contributed by atoms with Crippen LogP contribution in [0.25, 0.3) is 22.5 Å². The second-order valence-corrected chi connectivity index (χ2v) is 9.75. The molecule has 0 unspecified atom stereocenters. The average molecular weight is 519 g/mol. The van der Waals surface area contributed by atoms with Crippen molar-refractivity contribution in [1.82, 2.24) is 25.2 Å². The predicted molar refractivity (Wildman–Crippen MR) is 143 cm³/mol. The molecule has 0 aliphatic carbocycles. The number of benzene rings is 2. The van der Waals surface area contributed by atoms with Gasteiger partial charge < -0.3 is 9.64 Å². The zero-order chi connectivity index (χ0) is 26.6. The number of nitrogens with zero attached hydrogens (tertiary/aromatic N) is 6. The smallest absolute Gasteiger partial charge is 0.190 e. The molecule has 0 radical (unpaired) electrons. The number of aromatic nitrogens is 5. The molecule has 0 atom stereocenters. The highest BCUT2D eigenvalue weighted by molar-refractivity contribution is 5.70. The number of ether oxygens (including phenoxy) is 1. The first-order chi connectivity index (χ1) is 18.5. The fourth-order valence-electron chi connectivity index (χ4n) is 4.98. The molecule has 198 valence electrons. The van der Waals surface area contributed by atoms with Crippen LogP contribution in [0, 0.1) is 17.6 Å². The molecular weight excluding hydrogens is 486 g/mol. The summed E-state index contributed by atoms with van der Waals surface area (Å²) in [6, 6.07) is 12.1. The maximum absolute atomic E-state index is 15.0. The molecule has 7 nitrogen and oxygen atoms in total. The number of hydrogen-bond acceptors (Lipinski definition) is 6. The minimum atomic E-state index is -0.712. The third kappa shape index (κ3) is 5.37. The molecule has 1 fully saturated rings. The van der Waals surface area contributed by atoms with Crippen molar-refractivity contribution in [2.45, 2.75) is 39.5 Å². The largest absolute Gasteiger partial charge is 0.487 e. The van der Waals surface area contributed by atoms with Crippen LogP contribution in [-0.4, -0.2) is 44.9 Å². The normalized spacial score (nSPS) is 14.2. The Hall–Kier alpha value is -3.88. The van der Waals surface area contributed by atoms with E-state index in [-0.39, 0.29) is 18.3 Å². The number of aryl methyl sites for hydroxylation is 3. The molecule has 1 saturated heterocycles. The Kier molecular flexibility index (Phi) is 7.62. The average Bonchev–Trinajstić information content (AvgIpc) is 3.38. The molecule has 9 heteroatoms. The first-order valence-electron chi connectivity index (χ1n) is 13.1. The Morgan fingerprint density at radius 1 is 0.947 bits per heavy atom. The lowest BCUT2D eigenvalue weighted by atomic mass is 9.97. The minimum absolute atomic E-state index is 0.224. The maximum atomic E-state index is 15.0. The van der Waals surface area contributed by atoms with Gasteiger partial charge in [0, 0.05) is 31.9 Å². The molecule has 1 aliphatic rings. The van der Waals surface area contributed by atoms with Crippen molar-refractivity contribution in [2.75, 3.05) is 24.6 Å². The van der Waals surface area contributed by atoms with Crippen LogP contribution in [0.5, 0.6) is 5.75 Å². The van der Waals surface area contributed by atoms with Gasteiger partial charge in [0.2, 0.25) is 0 Å². The number of tetrazole rings is 1. The topological polar surface area (TPSA) is 69.0 Å². The summed E-state index contributed by atoms with van der Waals surface area (Å²) in [6.45, 7) is 6.26. The van der Waals surface area contributed by atoms with E-state index in [1.807, 2.05) is 24.4 Å². The fraction of sp³-hybridized carbons (Fsp3) is 0.379. The van der Waals surface area contributed by atoms with Crippen molar-refractivity contribution in [3.63, 3.8) is 0 Å². The van der Waals surface area contributed by atoms with Crippen LogP contribution in [0.4, 0.5) is 14.6 Å². The lowest BCUT2D eigenvalue weighted by Gasteiger charge is -2.34. The lowest BCUT2D eigenvalue weighted by molar-refractivity contribution is 0.207. The van der Waals surface area contributed by atoms with Gasteiger partial charge in [0.15, 0.2) is 23.2 Å². The van der Waals surface area contributed by atoms with Gasteiger partial charge in [0.25, 0.3) is 0 Å². The Morgan fingerprint density at radius 3 is 2.34 bits per heavy atom. The van der Waals surface area contributed by atoms with Crippen LogP contribution in [-0.2, 0) is 19.9 Å². The predicted octanol–water partition coefficient (Wildman–Crippen LogP) is 5.64. The molecular formula is C29H32F2N6O. The van der Waals surface area contributed by atoms with Gasteiger partial charge in [0.05, 0.1) is 6.61 Å². The third-order valence-electron chi connectivity index (χ3n) is 7.24. The van der Waals surface area contributed by atoms with Crippen LogP contribution >= 0.6 is 0 Å². The van der Waals surface area contributed by atoms with Gasteiger partial charge >= 0.3 is 0 Å². The molecule has 0 N–H and O–H groups in total. The maximum Gasteiger partial charge on any atom is 0.190 e. The second-order valence-electron chi connectivity index (χ2n) is 9.75. The van der Waals surface area contributed by atoms with Gasteiger partial charge in [-0.05, 0) is 82.5 Å². The number of halogens is 2. The first kappa shape index (κ1) is 25.8. The SMILES string of the molecule is CCc1cnc(N2CCC(COc3c(F)cc(-c4cccc(-c5nnnn5C)c4)cc3F)CC2)c(CC)c1. The highest BCUT2D eigenvalue weighted by Crippen LogP contribution is 2.32. The van der Waals surface area contributed by atoms with E-state index in [0.717, 1.165) is 50.2 Å². The van der Waals surface area contributed by atoms with E-state index in [1.165, 1.54) is 23.3 Å². The minimum Gasteiger partial charge on any atom is -0.487 e. The van der Waals surface area contributed by atoms with Crippen LogP contribution in [0.2, 0.25) is 0 Å². The van der Waals surface area contributed by atoms with Crippen LogP contribution in [0.1, 0.15) is 37.8 Å². The van der Waals surface area contributed by atoms with Gasteiger partial charge in [-0.25, -0.2) is 18.4 Å². The zero-order valence-corrected chi connectivity index (χ0v) is 22.0. The van der Waals surface area contributed by atoms with E-state index in [2.05, 4.69) is 40.3 Å². The van der Waals surface area contributed by atoms with E-state index in [4.69, 9.17) is 9.72 Å². The second kappa shape index (κ2) is 11.2. The Balaban J connectivity index is 1.23. The molecule has 0 spiro atoms. The van der Waals surface area contributed by atoms with Crippen molar-refractivity contribution in [2.24, 2.45) is 13.0 Å². The van der Waals surface area contributed by atoms with Gasteiger partial charge in [0.1, 0.15) is 5.82 Å². The summed E-state index contributed by atoms with van der Waals surface area (Å²) in [5.74, 6) is 0.0954. The molecule has 1 aliphatic heterocycles. The summed E-state index contributed by atoms with van der Waals surface area (Å²) in [4.78, 5) is 7.04. The number of pyridine rings is 1. The van der Waals surface area contributed by atoms with E-state index in [1.54, 1.807) is 17.8 Å². The lowest BCUT2D eigenvalue weighted by Crippen LogP contribution is -2.36. The van der Waals surface area contributed by atoms with E-state index >= 15 is 0 Å². The van der Waals surface area contributed by atoms with Crippen LogP contribution in [0.3, 0.4) is 0 Å². The van der Waals surface area contributed by atoms with E-state index in [0.29, 0.717) is 17.0 Å². The molecule has 0 bridgehead atoms. The Morgan fingerprint density at radius 2 is 1.68 bits per heavy atom. The zero-order valence-electron chi connectivity index (χ0n) is 22.0. The van der Waals surface area contributed by atoms with Crippen molar-refractivity contribution in [3.8, 4) is 28.3 Å². The van der Waals surface area contributed by atoms with Crippen molar-refractivity contribution < 1.29 is 13.5 Å². The van der Waals surface area contributed by atoms with Crippen LogP contribution < -0.4 is 9.64 Å². The summed E-state index contributed by atoms with van der Waals surface area (Å²) < 4.78 is 37.2. The third-order valence-corrected chi connectivity index (χ3v) is 7.24. The highest BCUT2D eigenvalue weighted by Gasteiger charge is 2.24. The van der Waals surface area contributed by atoms with Crippen LogP contribution in [0.15, 0.2) is 48.7 Å². The molecule has 0 amide bonds. The number of hydrogen-bond donors (Lipinski definition) is 0. The van der Waals surface area contributed by atoms with Crippen molar-refractivity contribution in [3.05, 3.63) is 71.4 Å². The molecule has 3 heterocycles. The highest BCUT2D eigenvalue weighted by atomic mass is 19.1. The molecule has 2 aromatic carbocycles. The number of rotatable bonds is 8. The first-order valence-corrected chi connectivity index (χ1v) is 13.1.